The molecular weight excluding hydrogens is 348 g/mol. The van der Waals surface area contributed by atoms with E-state index in [1.165, 1.54) is 23.1 Å². The first-order chi connectivity index (χ1) is 11.6. The van der Waals surface area contributed by atoms with Crippen molar-refractivity contribution in [3.05, 3.63) is 0 Å². The number of anilines is 1. The van der Waals surface area contributed by atoms with E-state index in [-0.39, 0.29) is 29.6 Å². The van der Waals surface area contributed by atoms with Gasteiger partial charge in [0.25, 0.3) is 0 Å². The zero-order chi connectivity index (χ0) is 17.4. The molecule has 0 radical (unpaired) electrons. The molecule has 0 aromatic carbocycles. The summed E-state index contributed by atoms with van der Waals surface area (Å²) in [6, 6.07) is 0. The van der Waals surface area contributed by atoms with Gasteiger partial charge in [-0.05, 0) is 25.7 Å². The van der Waals surface area contributed by atoms with Crippen LogP contribution in [0.25, 0.3) is 0 Å². The quantitative estimate of drug-likeness (QED) is 0.510. The number of aromatic nitrogens is 2. The lowest BCUT2D eigenvalue weighted by atomic mass is 10.0. The zero-order valence-electron chi connectivity index (χ0n) is 14.0. The van der Waals surface area contributed by atoms with Crippen LogP contribution in [0.5, 0.6) is 0 Å². The highest BCUT2D eigenvalue weighted by molar-refractivity contribution is 8.01. The van der Waals surface area contributed by atoms with E-state index in [1.54, 1.807) is 0 Å². The number of ether oxygens (including phenoxy) is 1. The Hall–Kier alpha value is -1.19. The molecule has 1 fully saturated rings. The first kappa shape index (κ1) is 19.1. The van der Waals surface area contributed by atoms with Crippen LogP contribution in [0, 0.1) is 5.92 Å². The summed E-state index contributed by atoms with van der Waals surface area (Å²) in [5.41, 5.74) is 0. The number of nitrogens with zero attached hydrogens (tertiary/aromatic N) is 2. The number of thioether (sulfide) groups is 1. The number of rotatable bonds is 9. The standard InChI is InChI=1S/C15H24N4O3S2/c1-3-10(4-2)13(21)17-14-18-19-15(24-14)23-9-12(20)16-8-11-6-5-7-22-11/h10-11H,3-9H2,1-2H3,(H,16,20)(H,17,18,21). The molecule has 1 saturated heterocycles. The fraction of sp³-hybridized carbons (Fsp3) is 0.733. The lowest BCUT2D eigenvalue weighted by Crippen LogP contribution is -2.32. The summed E-state index contributed by atoms with van der Waals surface area (Å²) >= 11 is 2.61. The second-order valence-corrected chi connectivity index (χ2v) is 7.80. The average molecular weight is 373 g/mol. The van der Waals surface area contributed by atoms with Gasteiger partial charge < -0.3 is 15.4 Å². The van der Waals surface area contributed by atoms with Crippen LogP contribution >= 0.6 is 23.1 Å². The van der Waals surface area contributed by atoms with E-state index in [9.17, 15) is 9.59 Å². The Morgan fingerprint density at radius 3 is 2.83 bits per heavy atom. The van der Waals surface area contributed by atoms with Gasteiger partial charge in [0.05, 0.1) is 11.9 Å². The molecule has 1 atom stereocenters. The molecule has 24 heavy (non-hydrogen) atoms. The zero-order valence-corrected chi connectivity index (χ0v) is 15.7. The fourth-order valence-corrected chi connectivity index (χ4v) is 3.98. The maximum atomic E-state index is 12.0. The molecule has 1 aromatic heterocycles. The molecule has 0 saturated carbocycles. The summed E-state index contributed by atoms with van der Waals surface area (Å²) < 4.78 is 6.13. The Balaban J connectivity index is 1.70. The second kappa shape index (κ2) is 9.95. The van der Waals surface area contributed by atoms with Crippen molar-refractivity contribution in [1.29, 1.82) is 0 Å². The van der Waals surface area contributed by atoms with Crippen LogP contribution in [0.15, 0.2) is 4.34 Å². The molecule has 0 bridgehead atoms. The topological polar surface area (TPSA) is 93.2 Å². The molecule has 1 aliphatic heterocycles. The number of carbonyl (C=O) groups is 2. The molecule has 0 aliphatic carbocycles. The number of hydrogen-bond donors (Lipinski definition) is 2. The van der Waals surface area contributed by atoms with E-state index in [0.29, 0.717) is 16.0 Å². The molecule has 2 N–H and O–H groups in total. The molecule has 1 aromatic rings. The summed E-state index contributed by atoms with van der Waals surface area (Å²) in [6.45, 7) is 5.33. The molecule has 9 heteroatoms. The van der Waals surface area contributed by atoms with Gasteiger partial charge in [0.2, 0.25) is 16.9 Å². The van der Waals surface area contributed by atoms with Gasteiger partial charge in [-0.1, -0.05) is 36.9 Å². The SMILES string of the molecule is CCC(CC)C(=O)Nc1nnc(SCC(=O)NCC2CCCO2)s1. The maximum Gasteiger partial charge on any atom is 0.230 e. The Morgan fingerprint density at radius 2 is 2.17 bits per heavy atom. The smallest absolute Gasteiger partial charge is 0.230 e. The first-order valence-electron chi connectivity index (χ1n) is 8.27. The summed E-state index contributed by atoms with van der Waals surface area (Å²) in [5.74, 6) is 0.200. The Morgan fingerprint density at radius 1 is 1.38 bits per heavy atom. The lowest BCUT2D eigenvalue weighted by molar-refractivity contribution is -0.120. The minimum Gasteiger partial charge on any atom is -0.376 e. The van der Waals surface area contributed by atoms with Gasteiger partial charge in [0.1, 0.15) is 0 Å². The first-order valence-corrected chi connectivity index (χ1v) is 10.1. The third kappa shape index (κ3) is 6.03. The van der Waals surface area contributed by atoms with E-state index < -0.39 is 0 Å². The van der Waals surface area contributed by atoms with Crippen LogP contribution in [0.4, 0.5) is 5.13 Å². The van der Waals surface area contributed by atoms with E-state index in [1.807, 2.05) is 13.8 Å². The molecule has 2 rings (SSSR count). The van der Waals surface area contributed by atoms with Crippen molar-refractivity contribution in [3.63, 3.8) is 0 Å². The van der Waals surface area contributed by atoms with Crippen LogP contribution in [-0.2, 0) is 14.3 Å². The van der Waals surface area contributed by atoms with E-state index in [2.05, 4.69) is 20.8 Å². The molecule has 0 spiro atoms. The van der Waals surface area contributed by atoms with Crippen molar-refractivity contribution >= 4 is 40.0 Å². The highest BCUT2D eigenvalue weighted by atomic mass is 32.2. The van der Waals surface area contributed by atoms with Crippen LogP contribution < -0.4 is 10.6 Å². The van der Waals surface area contributed by atoms with Crippen molar-refractivity contribution in [3.8, 4) is 0 Å². The maximum absolute atomic E-state index is 12.0. The molecule has 134 valence electrons. The highest BCUT2D eigenvalue weighted by Crippen LogP contribution is 2.26. The average Bonchev–Trinajstić information content (AvgIpc) is 3.24. The normalized spacial score (nSPS) is 17.2. The van der Waals surface area contributed by atoms with Gasteiger partial charge in [-0.25, -0.2) is 0 Å². The summed E-state index contributed by atoms with van der Waals surface area (Å²) in [6.07, 6.45) is 3.81. The monoisotopic (exact) mass is 372 g/mol. The molecular formula is C15H24N4O3S2. The molecule has 1 aliphatic rings. The van der Waals surface area contributed by atoms with Crippen molar-refractivity contribution in [2.45, 2.75) is 50.0 Å². The number of nitrogens with one attached hydrogen (secondary N) is 2. The van der Waals surface area contributed by atoms with Crippen LogP contribution in [0.2, 0.25) is 0 Å². The van der Waals surface area contributed by atoms with Gasteiger partial charge >= 0.3 is 0 Å². The van der Waals surface area contributed by atoms with Gasteiger partial charge in [-0.2, -0.15) is 0 Å². The predicted octanol–water partition coefficient (Wildman–Crippen LogP) is 2.30. The van der Waals surface area contributed by atoms with Crippen molar-refractivity contribution in [2.24, 2.45) is 5.92 Å². The second-order valence-electron chi connectivity index (χ2n) is 5.60. The minimum atomic E-state index is -0.0479. The van der Waals surface area contributed by atoms with Crippen molar-refractivity contribution in [1.82, 2.24) is 15.5 Å². The molecule has 1 unspecified atom stereocenters. The Bertz CT molecular complexity index is 543. The fourth-order valence-electron chi connectivity index (χ4n) is 2.40. The number of hydrogen-bond acceptors (Lipinski definition) is 7. The van der Waals surface area contributed by atoms with Gasteiger partial charge in [0.15, 0.2) is 4.34 Å². The largest absolute Gasteiger partial charge is 0.376 e. The highest BCUT2D eigenvalue weighted by Gasteiger charge is 2.18. The Labute approximate surface area is 150 Å². The molecule has 2 amide bonds. The van der Waals surface area contributed by atoms with Crippen LogP contribution in [0.3, 0.4) is 0 Å². The van der Waals surface area contributed by atoms with Crippen LogP contribution in [0.1, 0.15) is 39.5 Å². The minimum absolute atomic E-state index is 0.00594. The van der Waals surface area contributed by atoms with E-state index in [0.717, 1.165) is 32.3 Å². The molecule has 7 nitrogen and oxygen atoms in total. The van der Waals surface area contributed by atoms with Crippen LogP contribution in [-0.4, -0.2) is 47.0 Å². The predicted molar refractivity (Wildman–Crippen MR) is 95.3 cm³/mol. The van der Waals surface area contributed by atoms with Gasteiger partial charge in [-0.15, -0.1) is 10.2 Å². The summed E-state index contributed by atoms with van der Waals surface area (Å²) in [4.78, 5) is 23.8. The van der Waals surface area contributed by atoms with Gasteiger partial charge in [-0.3, -0.25) is 9.59 Å². The third-order valence-electron chi connectivity index (χ3n) is 3.87. The van der Waals surface area contributed by atoms with Crippen molar-refractivity contribution in [2.75, 3.05) is 24.2 Å². The summed E-state index contributed by atoms with van der Waals surface area (Å²) in [5, 5.41) is 14.1. The lowest BCUT2D eigenvalue weighted by Gasteiger charge is -2.10. The summed E-state index contributed by atoms with van der Waals surface area (Å²) in [7, 11) is 0. The number of amides is 2. The Kier molecular flexibility index (Phi) is 7.93. The van der Waals surface area contributed by atoms with Gasteiger partial charge in [0, 0.05) is 19.1 Å². The molecule has 2 heterocycles. The van der Waals surface area contributed by atoms with Crippen molar-refractivity contribution < 1.29 is 14.3 Å². The number of carbonyl (C=O) groups excluding carboxylic acids is 2. The third-order valence-corrected chi connectivity index (χ3v) is 5.84. The van der Waals surface area contributed by atoms with E-state index >= 15 is 0 Å². The van der Waals surface area contributed by atoms with E-state index in [4.69, 9.17) is 4.74 Å².